The van der Waals surface area contributed by atoms with Crippen molar-refractivity contribution in [2.45, 2.75) is 13.8 Å². The van der Waals surface area contributed by atoms with E-state index < -0.39 is 0 Å². The van der Waals surface area contributed by atoms with E-state index >= 15 is 0 Å². The molecule has 0 saturated carbocycles. The van der Waals surface area contributed by atoms with Gasteiger partial charge in [-0.2, -0.15) is 0 Å². The molecule has 0 aliphatic heterocycles. The van der Waals surface area contributed by atoms with Gasteiger partial charge in [-0.1, -0.05) is 13.8 Å². The van der Waals surface area contributed by atoms with Crippen molar-refractivity contribution in [3.63, 3.8) is 0 Å². The van der Waals surface area contributed by atoms with Crippen LogP contribution >= 0.6 is 0 Å². The smallest absolute Gasteiger partial charge is 0.115 e. The summed E-state index contributed by atoms with van der Waals surface area (Å²) in [5, 5.41) is 7.60. The van der Waals surface area contributed by atoms with Crippen LogP contribution in [0.5, 0.6) is 0 Å². The van der Waals surface area contributed by atoms with Gasteiger partial charge in [0.2, 0.25) is 0 Å². The highest BCUT2D eigenvalue weighted by Crippen LogP contribution is 2.03. The van der Waals surface area contributed by atoms with Crippen molar-refractivity contribution in [1.29, 1.82) is 5.41 Å². The monoisotopic (exact) mass is 149 g/mol. The average molecular weight is 149 g/mol. The van der Waals surface area contributed by atoms with Gasteiger partial charge < -0.3 is 5.41 Å². The zero-order chi connectivity index (χ0) is 8.27. The Morgan fingerprint density at radius 3 is 2.36 bits per heavy atom. The first-order chi connectivity index (χ1) is 5.22. The topological polar surface area (TPSA) is 49.6 Å². The van der Waals surface area contributed by atoms with Gasteiger partial charge in [-0.15, -0.1) is 0 Å². The summed E-state index contributed by atoms with van der Waals surface area (Å²) in [5.74, 6) is 0.237. The van der Waals surface area contributed by atoms with Crippen molar-refractivity contribution < 1.29 is 0 Å². The predicted molar refractivity (Wildman–Crippen MR) is 43.7 cm³/mol. The van der Waals surface area contributed by atoms with Gasteiger partial charge in [0.05, 0.1) is 0 Å². The lowest BCUT2D eigenvalue weighted by Gasteiger charge is -2.04. The van der Waals surface area contributed by atoms with E-state index in [1.165, 1.54) is 6.33 Å². The summed E-state index contributed by atoms with van der Waals surface area (Å²) in [6.45, 7) is 3.96. The van der Waals surface area contributed by atoms with Crippen LogP contribution in [0.2, 0.25) is 0 Å². The Balaban J connectivity index is 2.86. The molecule has 1 heterocycles. The van der Waals surface area contributed by atoms with Crippen LogP contribution in [0.25, 0.3) is 0 Å². The van der Waals surface area contributed by atoms with Crippen molar-refractivity contribution in [2.24, 2.45) is 5.92 Å². The Labute approximate surface area is 66.0 Å². The van der Waals surface area contributed by atoms with Gasteiger partial charge in [0.15, 0.2) is 0 Å². The number of aromatic nitrogens is 2. The number of rotatable bonds is 2. The van der Waals surface area contributed by atoms with Gasteiger partial charge in [0.1, 0.15) is 6.33 Å². The maximum atomic E-state index is 7.60. The third kappa shape index (κ3) is 1.83. The van der Waals surface area contributed by atoms with E-state index in [1.54, 1.807) is 12.4 Å². The third-order valence-corrected chi connectivity index (χ3v) is 1.45. The van der Waals surface area contributed by atoms with E-state index in [2.05, 4.69) is 9.97 Å². The second-order valence-electron chi connectivity index (χ2n) is 2.70. The lowest BCUT2D eigenvalue weighted by molar-refractivity contribution is 0.875. The zero-order valence-electron chi connectivity index (χ0n) is 6.70. The molecular formula is C8H11N3. The molecule has 0 unspecified atom stereocenters. The van der Waals surface area contributed by atoms with Crippen LogP contribution in [0, 0.1) is 11.3 Å². The van der Waals surface area contributed by atoms with Crippen LogP contribution in [-0.2, 0) is 0 Å². The van der Waals surface area contributed by atoms with Crippen molar-refractivity contribution in [3.8, 4) is 0 Å². The number of hydrogen-bond donors (Lipinski definition) is 1. The first kappa shape index (κ1) is 7.85. The molecule has 0 radical (unpaired) electrons. The third-order valence-electron chi connectivity index (χ3n) is 1.45. The summed E-state index contributed by atoms with van der Waals surface area (Å²) >= 11 is 0. The predicted octanol–water partition coefficient (Wildman–Crippen LogP) is 1.50. The SMILES string of the molecule is CC(C)C(=N)c1cncnc1. The van der Waals surface area contributed by atoms with Crippen LogP contribution in [0.1, 0.15) is 19.4 Å². The molecule has 0 aromatic carbocycles. The van der Waals surface area contributed by atoms with Gasteiger partial charge in [0, 0.05) is 23.7 Å². The second kappa shape index (κ2) is 3.23. The molecule has 11 heavy (non-hydrogen) atoms. The molecule has 3 nitrogen and oxygen atoms in total. The molecule has 1 rings (SSSR count). The fraction of sp³-hybridized carbons (Fsp3) is 0.375. The Kier molecular flexibility index (Phi) is 2.31. The molecule has 0 aliphatic rings. The van der Waals surface area contributed by atoms with Gasteiger partial charge in [-0.25, -0.2) is 9.97 Å². The minimum Gasteiger partial charge on any atom is -0.304 e. The van der Waals surface area contributed by atoms with Gasteiger partial charge in [-0.05, 0) is 5.92 Å². The average Bonchev–Trinajstić information content (AvgIpc) is 2.05. The summed E-state index contributed by atoms with van der Waals surface area (Å²) < 4.78 is 0. The highest BCUT2D eigenvalue weighted by Gasteiger charge is 2.04. The maximum absolute atomic E-state index is 7.60. The van der Waals surface area contributed by atoms with E-state index in [0.717, 1.165) is 5.56 Å². The van der Waals surface area contributed by atoms with Crippen LogP contribution in [0.4, 0.5) is 0 Å². The first-order valence-corrected chi connectivity index (χ1v) is 3.55. The Bertz CT molecular complexity index is 241. The second-order valence-corrected chi connectivity index (χ2v) is 2.70. The number of hydrogen-bond acceptors (Lipinski definition) is 3. The molecule has 0 amide bonds. The van der Waals surface area contributed by atoms with Crippen molar-refractivity contribution in [3.05, 3.63) is 24.3 Å². The van der Waals surface area contributed by atoms with Crippen molar-refractivity contribution in [1.82, 2.24) is 9.97 Å². The largest absolute Gasteiger partial charge is 0.304 e. The zero-order valence-corrected chi connectivity index (χ0v) is 6.70. The number of nitrogens with one attached hydrogen (secondary N) is 1. The standard InChI is InChI=1S/C8H11N3/c1-6(2)8(9)7-3-10-5-11-4-7/h3-6,9H,1-2H3. The van der Waals surface area contributed by atoms with Crippen LogP contribution in [0.15, 0.2) is 18.7 Å². The Morgan fingerprint density at radius 2 is 1.91 bits per heavy atom. The molecule has 0 spiro atoms. The highest BCUT2D eigenvalue weighted by molar-refractivity contribution is 5.98. The minimum absolute atomic E-state index is 0.237. The Morgan fingerprint density at radius 1 is 1.36 bits per heavy atom. The van der Waals surface area contributed by atoms with E-state index in [-0.39, 0.29) is 5.92 Å². The lowest BCUT2D eigenvalue weighted by atomic mass is 10.0. The quantitative estimate of drug-likeness (QED) is 0.648. The summed E-state index contributed by atoms with van der Waals surface area (Å²) in [5.41, 5.74) is 1.40. The van der Waals surface area contributed by atoms with Crippen molar-refractivity contribution in [2.75, 3.05) is 0 Å². The first-order valence-electron chi connectivity index (χ1n) is 3.55. The molecule has 3 heteroatoms. The summed E-state index contributed by atoms with van der Waals surface area (Å²) in [6, 6.07) is 0. The summed E-state index contributed by atoms with van der Waals surface area (Å²) in [6.07, 6.45) is 4.79. The molecule has 0 saturated heterocycles. The van der Waals surface area contributed by atoms with E-state index in [9.17, 15) is 0 Å². The Hall–Kier alpha value is -1.25. The molecule has 0 atom stereocenters. The fourth-order valence-electron chi connectivity index (χ4n) is 0.772. The van der Waals surface area contributed by atoms with Crippen LogP contribution in [0.3, 0.4) is 0 Å². The molecular weight excluding hydrogens is 138 g/mol. The van der Waals surface area contributed by atoms with Crippen molar-refractivity contribution >= 4 is 5.71 Å². The maximum Gasteiger partial charge on any atom is 0.115 e. The van der Waals surface area contributed by atoms with Crippen LogP contribution < -0.4 is 0 Å². The summed E-state index contributed by atoms with van der Waals surface area (Å²) in [7, 11) is 0. The van der Waals surface area contributed by atoms with Gasteiger partial charge in [-0.3, -0.25) is 0 Å². The summed E-state index contributed by atoms with van der Waals surface area (Å²) in [4.78, 5) is 7.67. The fourth-order valence-corrected chi connectivity index (χ4v) is 0.772. The van der Waals surface area contributed by atoms with Crippen LogP contribution in [-0.4, -0.2) is 15.7 Å². The lowest BCUT2D eigenvalue weighted by Crippen LogP contribution is -2.07. The normalized spacial score (nSPS) is 10.1. The molecule has 1 aromatic heterocycles. The molecule has 0 bridgehead atoms. The van der Waals surface area contributed by atoms with E-state index in [1.807, 2.05) is 13.8 Å². The highest BCUT2D eigenvalue weighted by atomic mass is 14.8. The molecule has 0 fully saturated rings. The molecule has 1 N–H and O–H groups in total. The van der Waals surface area contributed by atoms with Gasteiger partial charge in [0.25, 0.3) is 0 Å². The van der Waals surface area contributed by atoms with Gasteiger partial charge >= 0.3 is 0 Å². The van der Waals surface area contributed by atoms with E-state index in [0.29, 0.717) is 5.71 Å². The minimum atomic E-state index is 0.237. The van der Waals surface area contributed by atoms with E-state index in [4.69, 9.17) is 5.41 Å². The molecule has 1 aromatic rings. The number of nitrogens with zero attached hydrogens (tertiary/aromatic N) is 2. The molecule has 0 aliphatic carbocycles. The molecule has 58 valence electrons.